The third kappa shape index (κ3) is 5.54. The molecule has 0 bridgehead atoms. The van der Waals surface area contributed by atoms with Crippen LogP contribution in [0.4, 0.5) is 5.69 Å². The minimum absolute atomic E-state index is 0.559. The number of hydrogen-bond acceptors (Lipinski definition) is 4. The van der Waals surface area contributed by atoms with Crippen LogP contribution < -0.4 is 24.8 Å². The molecule has 0 fully saturated rings. The molecule has 146 valence electrons. The van der Waals surface area contributed by atoms with Gasteiger partial charge in [-0.2, -0.15) is 0 Å². The van der Waals surface area contributed by atoms with Crippen LogP contribution in [0.2, 0.25) is 0 Å². The lowest BCUT2D eigenvalue weighted by molar-refractivity contribution is 0.324. The molecule has 0 aliphatic rings. The molecule has 2 N–H and O–H groups in total. The van der Waals surface area contributed by atoms with E-state index < -0.39 is 0 Å². The third-order valence-corrected chi connectivity index (χ3v) is 4.14. The van der Waals surface area contributed by atoms with Crippen LogP contribution in [-0.2, 0) is 6.42 Å². The Morgan fingerprint density at radius 1 is 0.889 bits per heavy atom. The molecule has 2 aromatic rings. The Balaban J connectivity index is 2.04. The Morgan fingerprint density at radius 2 is 1.48 bits per heavy atom. The van der Waals surface area contributed by atoms with Crippen molar-refractivity contribution in [3.8, 4) is 17.2 Å². The summed E-state index contributed by atoms with van der Waals surface area (Å²) >= 11 is 0. The van der Waals surface area contributed by atoms with E-state index in [9.17, 15) is 0 Å². The van der Waals surface area contributed by atoms with Crippen LogP contribution in [-0.4, -0.2) is 40.9 Å². The van der Waals surface area contributed by atoms with Gasteiger partial charge >= 0.3 is 0 Å². The first kappa shape index (κ1) is 20.4. The van der Waals surface area contributed by atoms with E-state index in [4.69, 9.17) is 14.2 Å². The normalized spacial score (nSPS) is 11.1. The number of guanidine groups is 1. The molecule has 2 aromatic carbocycles. The standard InChI is InChI=1S/C21H29N3O3/c1-14-9-15(2)11-16(10-14)7-8-23-21(22-3)24-17-12-18(25-4)20(27-6)19(13-17)26-5/h9-13H,7-8H2,1-6H3,(H2,22,23,24). The highest BCUT2D eigenvalue weighted by atomic mass is 16.5. The van der Waals surface area contributed by atoms with Crippen LogP contribution in [0.5, 0.6) is 17.2 Å². The molecule has 0 unspecified atom stereocenters. The summed E-state index contributed by atoms with van der Waals surface area (Å²) in [4.78, 5) is 4.28. The van der Waals surface area contributed by atoms with Crippen molar-refractivity contribution in [2.24, 2.45) is 4.99 Å². The Hall–Kier alpha value is -2.89. The van der Waals surface area contributed by atoms with Crippen LogP contribution in [0, 0.1) is 13.8 Å². The molecular weight excluding hydrogens is 342 g/mol. The molecule has 0 aromatic heterocycles. The topological polar surface area (TPSA) is 64.1 Å². The maximum atomic E-state index is 5.39. The second kappa shape index (κ2) is 9.71. The monoisotopic (exact) mass is 371 g/mol. The molecule has 27 heavy (non-hydrogen) atoms. The van der Waals surface area contributed by atoms with Gasteiger partial charge in [0.05, 0.1) is 21.3 Å². The quantitative estimate of drug-likeness (QED) is 0.576. The molecule has 0 aliphatic carbocycles. The summed E-state index contributed by atoms with van der Waals surface area (Å²) in [5.74, 6) is 2.41. The maximum absolute atomic E-state index is 5.39. The second-order valence-electron chi connectivity index (χ2n) is 6.28. The van der Waals surface area contributed by atoms with Gasteiger partial charge in [-0.1, -0.05) is 29.3 Å². The van der Waals surface area contributed by atoms with E-state index in [0.29, 0.717) is 23.2 Å². The van der Waals surface area contributed by atoms with Crippen molar-refractivity contribution in [2.75, 3.05) is 40.2 Å². The summed E-state index contributed by atoms with van der Waals surface area (Å²) in [5.41, 5.74) is 4.67. The lowest BCUT2D eigenvalue weighted by atomic mass is 10.1. The summed E-state index contributed by atoms with van der Waals surface area (Å²) in [6.45, 7) is 5.01. The predicted molar refractivity (Wildman–Crippen MR) is 111 cm³/mol. The molecule has 0 heterocycles. The summed E-state index contributed by atoms with van der Waals surface area (Å²) in [5, 5.41) is 6.60. The summed E-state index contributed by atoms with van der Waals surface area (Å²) in [7, 11) is 6.51. The number of methoxy groups -OCH3 is 3. The van der Waals surface area contributed by atoms with Crippen LogP contribution >= 0.6 is 0 Å². The van der Waals surface area contributed by atoms with Crippen LogP contribution in [0.3, 0.4) is 0 Å². The number of benzene rings is 2. The number of rotatable bonds is 7. The maximum Gasteiger partial charge on any atom is 0.203 e. The number of anilines is 1. The predicted octanol–water partition coefficient (Wildman–Crippen LogP) is 3.56. The summed E-state index contributed by atoms with van der Waals surface area (Å²) in [6, 6.07) is 10.3. The van der Waals surface area contributed by atoms with E-state index in [1.54, 1.807) is 28.4 Å². The number of hydrogen-bond donors (Lipinski definition) is 2. The smallest absolute Gasteiger partial charge is 0.203 e. The van der Waals surface area contributed by atoms with Gasteiger partial charge in [0.15, 0.2) is 17.5 Å². The highest BCUT2D eigenvalue weighted by Crippen LogP contribution is 2.39. The largest absolute Gasteiger partial charge is 0.493 e. The zero-order valence-corrected chi connectivity index (χ0v) is 17.0. The van der Waals surface area contributed by atoms with E-state index in [0.717, 1.165) is 18.7 Å². The zero-order valence-electron chi connectivity index (χ0n) is 17.0. The molecule has 6 nitrogen and oxygen atoms in total. The fourth-order valence-corrected chi connectivity index (χ4v) is 3.01. The van der Waals surface area contributed by atoms with Gasteiger partial charge in [0.2, 0.25) is 5.75 Å². The van der Waals surface area contributed by atoms with Crippen molar-refractivity contribution in [1.82, 2.24) is 5.32 Å². The van der Waals surface area contributed by atoms with Gasteiger partial charge in [-0.15, -0.1) is 0 Å². The van der Waals surface area contributed by atoms with Gasteiger partial charge in [0.1, 0.15) is 0 Å². The van der Waals surface area contributed by atoms with Crippen molar-refractivity contribution < 1.29 is 14.2 Å². The average Bonchev–Trinajstić information content (AvgIpc) is 2.65. The van der Waals surface area contributed by atoms with Crippen molar-refractivity contribution >= 4 is 11.6 Å². The zero-order chi connectivity index (χ0) is 19.8. The Labute approximate surface area is 161 Å². The molecule has 0 spiro atoms. The van der Waals surface area contributed by atoms with Crippen LogP contribution in [0.1, 0.15) is 16.7 Å². The second-order valence-corrected chi connectivity index (χ2v) is 6.28. The van der Waals surface area contributed by atoms with Crippen molar-refractivity contribution in [2.45, 2.75) is 20.3 Å². The Morgan fingerprint density at radius 3 is 1.96 bits per heavy atom. The van der Waals surface area contributed by atoms with Crippen LogP contribution in [0.15, 0.2) is 35.3 Å². The molecule has 0 radical (unpaired) electrons. The van der Waals surface area contributed by atoms with Gasteiger partial charge in [-0.05, 0) is 25.8 Å². The van der Waals surface area contributed by atoms with E-state index in [1.165, 1.54) is 16.7 Å². The van der Waals surface area contributed by atoms with Gasteiger partial charge in [-0.25, -0.2) is 0 Å². The fraction of sp³-hybridized carbons (Fsp3) is 0.381. The summed E-state index contributed by atoms with van der Waals surface area (Å²) < 4.78 is 16.1. The van der Waals surface area contributed by atoms with E-state index in [-0.39, 0.29) is 0 Å². The lowest BCUT2D eigenvalue weighted by Crippen LogP contribution is -2.32. The number of aryl methyl sites for hydroxylation is 2. The molecule has 2 rings (SSSR count). The van der Waals surface area contributed by atoms with Gasteiger partial charge in [0, 0.05) is 31.4 Å². The van der Waals surface area contributed by atoms with Crippen molar-refractivity contribution in [3.05, 3.63) is 47.0 Å². The van der Waals surface area contributed by atoms with Crippen molar-refractivity contribution in [1.29, 1.82) is 0 Å². The molecule has 0 aliphatic heterocycles. The number of nitrogens with zero attached hydrogens (tertiary/aromatic N) is 1. The SMILES string of the molecule is CN=C(NCCc1cc(C)cc(C)c1)Nc1cc(OC)c(OC)c(OC)c1. The number of nitrogens with one attached hydrogen (secondary N) is 2. The van der Waals surface area contributed by atoms with E-state index in [2.05, 4.69) is 47.7 Å². The fourth-order valence-electron chi connectivity index (χ4n) is 3.01. The lowest BCUT2D eigenvalue weighted by Gasteiger charge is -2.16. The first-order valence-electron chi connectivity index (χ1n) is 8.85. The minimum atomic E-state index is 0.559. The van der Waals surface area contributed by atoms with E-state index >= 15 is 0 Å². The first-order valence-corrected chi connectivity index (χ1v) is 8.85. The number of ether oxygens (including phenoxy) is 3. The molecule has 0 saturated heterocycles. The molecular formula is C21H29N3O3. The molecule has 6 heteroatoms. The van der Waals surface area contributed by atoms with Gasteiger partial charge in [0.25, 0.3) is 0 Å². The highest BCUT2D eigenvalue weighted by Gasteiger charge is 2.13. The Bertz CT molecular complexity index is 758. The van der Waals surface area contributed by atoms with Crippen LogP contribution in [0.25, 0.3) is 0 Å². The van der Waals surface area contributed by atoms with E-state index in [1.807, 2.05) is 12.1 Å². The molecule has 0 saturated carbocycles. The summed E-state index contributed by atoms with van der Waals surface area (Å²) in [6.07, 6.45) is 0.915. The average molecular weight is 371 g/mol. The molecule has 0 atom stereocenters. The van der Waals surface area contributed by atoms with Gasteiger partial charge in [-0.3, -0.25) is 4.99 Å². The van der Waals surface area contributed by atoms with Crippen molar-refractivity contribution in [3.63, 3.8) is 0 Å². The molecule has 0 amide bonds. The first-order chi connectivity index (χ1) is 13.0. The Kier molecular flexibility index (Phi) is 7.34. The minimum Gasteiger partial charge on any atom is -0.493 e. The number of aliphatic imine (C=N–C) groups is 1. The highest BCUT2D eigenvalue weighted by molar-refractivity contribution is 5.94. The van der Waals surface area contributed by atoms with Gasteiger partial charge < -0.3 is 24.8 Å². The third-order valence-electron chi connectivity index (χ3n) is 4.14.